The number of fused-ring (bicyclic) bond motifs is 1. The van der Waals surface area contributed by atoms with Crippen LogP contribution < -0.4 is 5.32 Å². The molecule has 2 aromatic heterocycles. The number of benzene rings is 1. The van der Waals surface area contributed by atoms with Gasteiger partial charge in [-0.2, -0.15) is 0 Å². The minimum Gasteiger partial charge on any atom is -0.345 e. The number of amides is 1. The minimum atomic E-state index is -0.291. The number of nitrogens with zero attached hydrogens (tertiary/aromatic N) is 2. The zero-order valence-corrected chi connectivity index (χ0v) is 12.4. The number of aromatic nitrogens is 2. The number of hydrogen-bond donors (Lipinski definition) is 1. The van der Waals surface area contributed by atoms with Gasteiger partial charge in [0.1, 0.15) is 11.5 Å². The van der Waals surface area contributed by atoms with Crippen molar-refractivity contribution in [3.05, 3.63) is 71.4 Å². The van der Waals surface area contributed by atoms with Crippen molar-refractivity contribution in [2.24, 2.45) is 0 Å². The van der Waals surface area contributed by atoms with Crippen LogP contribution in [0.3, 0.4) is 0 Å². The Hall–Kier alpha value is -2.69. The minimum absolute atomic E-state index is 0.197. The van der Waals surface area contributed by atoms with Crippen LogP contribution in [0.25, 0.3) is 5.65 Å². The monoisotopic (exact) mass is 297 g/mol. The van der Waals surface area contributed by atoms with E-state index >= 15 is 0 Å². The lowest BCUT2D eigenvalue weighted by atomic mass is 10.1. The Labute approximate surface area is 127 Å². The van der Waals surface area contributed by atoms with Crippen LogP contribution in [0.1, 0.15) is 34.6 Å². The highest BCUT2D eigenvalue weighted by Gasteiger charge is 2.16. The van der Waals surface area contributed by atoms with Crippen LogP contribution in [-0.2, 0) is 0 Å². The molecule has 0 unspecified atom stereocenters. The van der Waals surface area contributed by atoms with Crippen molar-refractivity contribution in [1.82, 2.24) is 14.7 Å². The molecule has 1 N–H and O–H groups in total. The van der Waals surface area contributed by atoms with Gasteiger partial charge in [-0.3, -0.25) is 4.79 Å². The summed E-state index contributed by atoms with van der Waals surface area (Å²) < 4.78 is 14.8. The summed E-state index contributed by atoms with van der Waals surface area (Å²) in [6.07, 6.45) is 3.51. The van der Waals surface area contributed by atoms with Crippen molar-refractivity contribution in [3.63, 3.8) is 0 Å². The van der Waals surface area contributed by atoms with Gasteiger partial charge in [-0.1, -0.05) is 12.1 Å². The molecule has 0 saturated carbocycles. The Balaban J connectivity index is 1.84. The molecule has 0 bridgehead atoms. The van der Waals surface area contributed by atoms with Gasteiger partial charge < -0.3 is 9.72 Å². The Morgan fingerprint density at radius 2 is 1.95 bits per heavy atom. The fourth-order valence-corrected chi connectivity index (χ4v) is 2.42. The van der Waals surface area contributed by atoms with Gasteiger partial charge >= 0.3 is 0 Å². The Bertz CT molecular complexity index is 824. The van der Waals surface area contributed by atoms with Gasteiger partial charge in [0.2, 0.25) is 0 Å². The third-order valence-electron chi connectivity index (χ3n) is 3.71. The first-order valence-electron chi connectivity index (χ1n) is 7.05. The van der Waals surface area contributed by atoms with Crippen LogP contribution in [0.15, 0.2) is 48.8 Å². The highest BCUT2D eigenvalue weighted by Crippen LogP contribution is 2.16. The Kier molecular flexibility index (Phi) is 3.63. The number of halogens is 1. The highest BCUT2D eigenvalue weighted by molar-refractivity contribution is 6.00. The number of aryl methyl sites for hydroxylation is 1. The van der Waals surface area contributed by atoms with Crippen molar-refractivity contribution in [3.8, 4) is 0 Å². The molecule has 0 aliphatic carbocycles. The molecule has 1 atom stereocenters. The highest BCUT2D eigenvalue weighted by atomic mass is 19.1. The molecule has 0 fully saturated rings. The number of carbonyl (C=O) groups is 1. The molecular formula is C17H16FN3O. The molecule has 22 heavy (non-hydrogen) atoms. The molecule has 3 rings (SSSR count). The molecule has 1 amide bonds. The molecule has 0 aliphatic heterocycles. The third-order valence-corrected chi connectivity index (χ3v) is 3.71. The number of hydrogen-bond acceptors (Lipinski definition) is 2. The normalized spacial score (nSPS) is 12.3. The van der Waals surface area contributed by atoms with Gasteiger partial charge in [0.15, 0.2) is 0 Å². The molecule has 0 aliphatic rings. The van der Waals surface area contributed by atoms with Gasteiger partial charge in [-0.15, -0.1) is 0 Å². The second-order valence-corrected chi connectivity index (χ2v) is 5.26. The van der Waals surface area contributed by atoms with Crippen molar-refractivity contribution in [2.45, 2.75) is 19.9 Å². The van der Waals surface area contributed by atoms with Crippen molar-refractivity contribution >= 4 is 11.6 Å². The van der Waals surface area contributed by atoms with Crippen LogP contribution in [-0.4, -0.2) is 15.3 Å². The van der Waals surface area contributed by atoms with Gasteiger partial charge in [-0.25, -0.2) is 9.37 Å². The largest absolute Gasteiger partial charge is 0.345 e. The smallest absolute Gasteiger partial charge is 0.255 e. The Morgan fingerprint density at radius 3 is 2.68 bits per heavy atom. The zero-order chi connectivity index (χ0) is 15.7. The summed E-state index contributed by atoms with van der Waals surface area (Å²) in [4.78, 5) is 16.7. The lowest BCUT2D eigenvalue weighted by Crippen LogP contribution is -2.26. The summed E-state index contributed by atoms with van der Waals surface area (Å²) in [5.41, 5.74) is 3.01. The maximum absolute atomic E-state index is 12.9. The molecular weight excluding hydrogens is 281 g/mol. The molecule has 1 aromatic carbocycles. The molecule has 5 heteroatoms. The molecule has 112 valence electrons. The van der Waals surface area contributed by atoms with Crippen molar-refractivity contribution < 1.29 is 9.18 Å². The van der Waals surface area contributed by atoms with E-state index in [-0.39, 0.29) is 17.8 Å². The molecule has 4 nitrogen and oxygen atoms in total. The first-order valence-corrected chi connectivity index (χ1v) is 7.05. The summed E-state index contributed by atoms with van der Waals surface area (Å²) in [7, 11) is 0. The van der Waals surface area contributed by atoms with Gasteiger partial charge in [-0.05, 0) is 43.7 Å². The Morgan fingerprint density at radius 1 is 1.23 bits per heavy atom. The van der Waals surface area contributed by atoms with Crippen molar-refractivity contribution in [1.29, 1.82) is 0 Å². The first-order chi connectivity index (χ1) is 10.6. The van der Waals surface area contributed by atoms with Crippen LogP contribution in [0.5, 0.6) is 0 Å². The van der Waals surface area contributed by atoms with Crippen LogP contribution in [0.4, 0.5) is 4.39 Å². The lowest BCUT2D eigenvalue weighted by Gasteiger charge is -2.14. The summed E-state index contributed by atoms with van der Waals surface area (Å²) in [5.74, 6) is -0.488. The first kappa shape index (κ1) is 14.3. The molecule has 3 aromatic rings. The SMILES string of the molecule is Cc1ccnc2c(C(=O)N[C@H](C)c3ccc(F)cc3)ccn12. The third kappa shape index (κ3) is 2.57. The van der Waals surface area contributed by atoms with Gasteiger partial charge in [0.05, 0.1) is 11.6 Å². The summed E-state index contributed by atoms with van der Waals surface area (Å²) in [6, 6.07) is 9.53. The predicted molar refractivity (Wildman–Crippen MR) is 82.2 cm³/mol. The molecule has 0 radical (unpaired) electrons. The lowest BCUT2D eigenvalue weighted by molar-refractivity contribution is 0.0941. The number of rotatable bonds is 3. The van der Waals surface area contributed by atoms with E-state index in [1.807, 2.05) is 30.5 Å². The van der Waals surface area contributed by atoms with E-state index in [9.17, 15) is 9.18 Å². The second-order valence-electron chi connectivity index (χ2n) is 5.26. The van der Waals surface area contributed by atoms with E-state index in [1.54, 1.807) is 24.4 Å². The van der Waals surface area contributed by atoms with E-state index in [4.69, 9.17) is 0 Å². The molecule has 0 spiro atoms. The van der Waals surface area contributed by atoms with Crippen molar-refractivity contribution in [2.75, 3.05) is 0 Å². The fourth-order valence-electron chi connectivity index (χ4n) is 2.42. The maximum Gasteiger partial charge on any atom is 0.255 e. The van der Waals surface area contributed by atoms with Crippen LogP contribution in [0.2, 0.25) is 0 Å². The standard InChI is InChI=1S/C17H16FN3O/c1-11-7-9-19-16-15(8-10-21(11)16)17(22)20-12(2)13-3-5-14(18)6-4-13/h3-10,12H,1-2H3,(H,20,22)/t12-/m1/s1. The topological polar surface area (TPSA) is 46.4 Å². The number of carbonyl (C=O) groups excluding carboxylic acids is 1. The van der Waals surface area contributed by atoms with E-state index in [0.29, 0.717) is 11.2 Å². The fraction of sp³-hybridized carbons (Fsp3) is 0.176. The van der Waals surface area contributed by atoms with Crippen LogP contribution in [0, 0.1) is 12.7 Å². The molecule has 0 saturated heterocycles. The number of nitrogens with one attached hydrogen (secondary N) is 1. The zero-order valence-electron chi connectivity index (χ0n) is 12.4. The van der Waals surface area contributed by atoms with Gasteiger partial charge in [0, 0.05) is 18.1 Å². The van der Waals surface area contributed by atoms with Crippen LogP contribution >= 0.6 is 0 Å². The predicted octanol–water partition coefficient (Wildman–Crippen LogP) is 3.27. The summed E-state index contributed by atoms with van der Waals surface area (Å²) >= 11 is 0. The maximum atomic E-state index is 12.9. The summed E-state index contributed by atoms with van der Waals surface area (Å²) in [5, 5.41) is 2.91. The average Bonchev–Trinajstić information content (AvgIpc) is 2.93. The van der Waals surface area contributed by atoms with E-state index in [0.717, 1.165) is 11.3 Å². The molecule has 2 heterocycles. The average molecular weight is 297 g/mol. The quantitative estimate of drug-likeness (QED) is 0.806. The second kappa shape index (κ2) is 5.60. The van der Waals surface area contributed by atoms with E-state index in [1.165, 1.54) is 12.1 Å². The summed E-state index contributed by atoms with van der Waals surface area (Å²) in [6.45, 7) is 3.82. The van der Waals surface area contributed by atoms with E-state index < -0.39 is 0 Å². The van der Waals surface area contributed by atoms with E-state index in [2.05, 4.69) is 10.3 Å². The van der Waals surface area contributed by atoms with Gasteiger partial charge in [0.25, 0.3) is 5.91 Å².